The van der Waals surface area contributed by atoms with Gasteiger partial charge in [-0.05, 0) is 74.5 Å². The van der Waals surface area contributed by atoms with Crippen LogP contribution in [-0.2, 0) is 4.74 Å². The minimum Gasteiger partial charge on any atom is -0.378 e. The van der Waals surface area contributed by atoms with E-state index in [0.717, 1.165) is 42.9 Å². The van der Waals surface area contributed by atoms with Crippen LogP contribution in [0.3, 0.4) is 0 Å². The maximum absolute atomic E-state index is 14.4. The molecule has 3 aliphatic carbocycles. The summed E-state index contributed by atoms with van der Waals surface area (Å²) in [6.45, 7) is 2.31. The standard InChI is InChI=1S/C24H42F2O/c1-3-4-17-5-10-19(11-6-17)20-12-7-18(8-13-20)9-14-21-15-16-22(27-2)24(26)23(21)25/h17-24H,3-16H2,1-2H3. The molecule has 0 aromatic carbocycles. The van der Waals surface area contributed by atoms with Crippen molar-refractivity contribution >= 4 is 0 Å². The van der Waals surface area contributed by atoms with E-state index in [4.69, 9.17) is 4.74 Å². The number of hydrogen-bond acceptors (Lipinski definition) is 1. The van der Waals surface area contributed by atoms with Gasteiger partial charge in [0.15, 0.2) is 6.17 Å². The Hall–Kier alpha value is -0.180. The van der Waals surface area contributed by atoms with E-state index in [2.05, 4.69) is 6.92 Å². The molecular weight excluding hydrogens is 342 g/mol. The van der Waals surface area contributed by atoms with Crippen LogP contribution in [0.2, 0.25) is 0 Å². The second kappa shape index (κ2) is 10.6. The van der Waals surface area contributed by atoms with Crippen molar-refractivity contribution in [3.05, 3.63) is 0 Å². The third-order valence-corrected chi connectivity index (χ3v) is 8.33. The number of alkyl halides is 2. The van der Waals surface area contributed by atoms with Crippen LogP contribution in [0.4, 0.5) is 8.78 Å². The Labute approximate surface area is 166 Å². The largest absolute Gasteiger partial charge is 0.378 e. The van der Waals surface area contributed by atoms with Crippen molar-refractivity contribution in [2.45, 2.75) is 115 Å². The summed E-state index contributed by atoms with van der Waals surface area (Å²) in [5, 5.41) is 0. The molecule has 0 spiro atoms. The first-order valence-corrected chi connectivity index (χ1v) is 11.9. The molecule has 3 aliphatic rings. The van der Waals surface area contributed by atoms with Gasteiger partial charge in [-0.15, -0.1) is 0 Å². The molecule has 158 valence electrons. The first-order chi connectivity index (χ1) is 13.1. The molecule has 0 aromatic rings. The van der Waals surface area contributed by atoms with Gasteiger partial charge < -0.3 is 4.74 Å². The molecule has 4 atom stereocenters. The van der Waals surface area contributed by atoms with E-state index in [-0.39, 0.29) is 5.92 Å². The summed E-state index contributed by atoms with van der Waals surface area (Å²) in [6, 6.07) is 0. The third kappa shape index (κ3) is 5.67. The Morgan fingerprint density at radius 1 is 0.667 bits per heavy atom. The monoisotopic (exact) mass is 384 g/mol. The van der Waals surface area contributed by atoms with Crippen molar-refractivity contribution in [2.24, 2.45) is 29.6 Å². The fourth-order valence-corrected chi connectivity index (χ4v) is 6.47. The summed E-state index contributed by atoms with van der Waals surface area (Å²) in [6.07, 6.45) is 14.2. The van der Waals surface area contributed by atoms with Gasteiger partial charge in [0.05, 0.1) is 6.10 Å². The molecule has 3 heteroatoms. The van der Waals surface area contributed by atoms with E-state index in [1.54, 1.807) is 0 Å². The Bertz CT molecular complexity index is 413. The van der Waals surface area contributed by atoms with Gasteiger partial charge >= 0.3 is 0 Å². The summed E-state index contributed by atoms with van der Waals surface area (Å²) in [5.74, 6) is 3.60. The Morgan fingerprint density at radius 3 is 1.74 bits per heavy atom. The first-order valence-electron chi connectivity index (χ1n) is 11.9. The quantitative estimate of drug-likeness (QED) is 0.448. The maximum atomic E-state index is 14.4. The maximum Gasteiger partial charge on any atom is 0.157 e. The third-order valence-electron chi connectivity index (χ3n) is 8.33. The summed E-state index contributed by atoms with van der Waals surface area (Å²) < 4.78 is 33.6. The minimum atomic E-state index is -1.42. The van der Waals surface area contributed by atoms with E-state index in [0.29, 0.717) is 6.42 Å². The zero-order valence-corrected chi connectivity index (χ0v) is 17.7. The van der Waals surface area contributed by atoms with Crippen LogP contribution < -0.4 is 0 Å². The van der Waals surface area contributed by atoms with Gasteiger partial charge in [0.2, 0.25) is 0 Å². The topological polar surface area (TPSA) is 9.23 Å². The molecule has 0 heterocycles. The van der Waals surface area contributed by atoms with Gasteiger partial charge in [-0.25, -0.2) is 8.78 Å². The lowest BCUT2D eigenvalue weighted by Gasteiger charge is -2.39. The highest BCUT2D eigenvalue weighted by molar-refractivity contribution is 4.89. The van der Waals surface area contributed by atoms with Crippen molar-refractivity contribution in [3.63, 3.8) is 0 Å². The van der Waals surface area contributed by atoms with Crippen molar-refractivity contribution in [2.75, 3.05) is 7.11 Å². The molecule has 3 fully saturated rings. The number of rotatable bonds is 7. The molecule has 0 aliphatic heterocycles. The lowest BCUT2D eigenvalue weighted by molar-refractivity contribution is -0.0583. The number of halogens is 2. The SMILES string of the molecule is CCCC1CCC(C2CCC(CCC3CCC(OC)C(F)C3F)CC2)CC1. The molecule has 1 nitrogen and oxygen atoms in total. The van der Waals surface area contributed by atoms with Crippen LogP contribution in [0.25, 0.3) is 0 Å². The fourth-order valence-electron chi connectivity index (χ4n) is 6.47. The van der Waals surface area contributed by atoms with Gasteiger partial charge in [0.25, 0.3) is 0 Å². The smallest absolute Gasteiger partial charge is 0.157 e. The second-order valence-electron chi connectivity index (χ2n) is 9.93. The van der Waals surface area contributed by atoms with Crippen molar-refractivity contribution in [3.8, 4) is 0 Å². The summed E-state index contributed by atoms with van der Waals surface area (Å²) in [7, 11) is 1.50. The summed E-state index contributed by atoms with van der Waals surface area (Å²) in [5.41, 5.74) is 0. The van der Waals surface area contributed by atoms with E-state index in [1.807, 2.05) is 0 Å². The molecule has 4 unspecified atom stereocenters. The molecule has 0 radical (unpaired) electrons. The molecule has 0 bridgehead atoms. The average Bonchev–Trinajstić information content (AvgIpc) is 2.70. The van der Waals surface area contributed by atoms with E-state index in [9.17, 15) is 8.78 Å². The first kappa shape index (κ1) is 21.5. The summed E-state index contributed by atoms with van der Waals surface area (Å²) >= 11 is 0. The molecule has 0 amide bonds. The van der Waals surface area contributed by atoms with Gasteiger partial charge in [0.1, 0.15) is 6.17 Å². The highest BCUT2D eigenvalue weighted by Gasteiger charge is 2.40. The summed E-state index contributed by atoms with van der Waals surface area (Å²) in [4.78, 5) is 0. The minimum absolute atomic E-state index is 0.0852. The van der Waals surface area contributed by atoms with Crippen LogP contribution >= 0.6 is 0 Å². The molecule has 3 rings (SSSR count). The molecule has 0 aromatic heterocycles. The molecule has 0 N–H and O–H groups in total. The highest BCUT2D eigenvalue weighted by atomic mass is 19.2. The lowest BCUT2D eigenvalue weighted by Crippen LogP contribution is -2.42. The zero-order valence-electron chi connectivity index (χ0n) is 17.7. The van der Waals surface area contributed by atoms with Crippen LogP contribution in [0.1, 0.15) is 96.8 Å². The van der Waals surface area contributed by atoms with Crippen LogP contribution in [0.15, 0.2) is 0 Å². The zero-order chi connectivity index (χ0) is 19.2. The molecule has 0 saturated heterocycles. The van der Waals surface area contributed by atoms with Crippen molar-refractivity contribution < 1.29 is 13.5 Å². The van der Waals surface area contributed by atoms with E-state index in [1.165, 1.54) is 71.3 Å². The fraction of sp³-hybridized carbons (Fsp3) is 1.00. The average molecular weight is 385 g/mol. The van der Waals surface area contributed by atoms with Crippen molar-refractivity contribution in [1.82, 2.24) is 0 Å². The highest BCUT2D eigenvalue weighted by Crippen LogP contribution is 2.44. The van der Waals surface area contributed by atoms with Gasteiger partial charge in [-0.3, -0.25) is 0 Å². The predicted molar refractivity (Wildman–Crippen MR) is 108 cm³/mol. The van der Waals surface area contributed by atoms with Gasteiger partial charge in [-0.2, -0.15) is 0 Å². The van der Waals surface area contributed by atoms with E-state index >= 15 is 0 Å². The van der Waals surface area contributed by atoms with Crippen molar-refractivity contribution in [1.29, 1.82) is 0 Å². The lowest BCUT2D eigenvalue weighted by atomic mass is 9.68. The van der Waals surface area contributed by atoms with Gasteiger partial charge in [-0.1, -0.05) is 51.9 Å². The van der Waals surface area contributed by atoms with Crippen LogP contribution in [0, 0.1) is 29.6 Å². The van der Waals surface area contributed by atoms with Gasteiger partial charge in [0, 0.05) is 7.11 Å². The number of ether oxygens (including phenoxy) is 1. The molecular formula is C24H42F2O. The van der Waals surface area contributed by atoms with Crippen LogP contribution in [-0.4, -0.2) is 25.6 Å². The molecule has 3 saturated carbocycles. The Morgan fingerprint density at radius 2 is 1.22 bits per heavy atom. The molecule has 27 heavy (non-hydrogen) atoms. The second-order valence-corrected chi connectivity index (χ2v) is 9.93. The normalized spacial score (nSPS) is 43.6. The van der Waals surface area contributed by atoms with Crippen LogP contribution in [0.5, 0.6) is 0 Å². The Kier molecular flexibility index (Phi) is 8.42. The number of methoxy groups -OCH3 is 1. The predicted octanol–water partition coefficient (Wildman–Crippen LogP) is 7.28. The number of hydrogen-bond donors (Lipinski definition) is 0. The van der Waals surface area contributed by atoms with E-state index < -0.39 is 18.4 Å². The Balaban J connectivity index is 1.34.